The number of rotatable bonds is 11. The second-order valence-electron chi connectivity index (χ2n) is 7.19. The molecule has 0 bridgehead atoms. The van der Waals surface area contributed by atoms with Crippen LogP contribution in [0.25, 0.3) is 22.5 Å². The number of benzene rings is 2. The van der Waals surface area contributed by atoms with Crippen molar-refractivity contribution in [3.63, 3.8) is 0 Å². The molecular weight excluding hydrogens is 360 g/mol. The molecular formula is C25H30N2O2. The van der Waals surface area contributed by atoms with E-state index in [-0.39, 0.29) is 5.97 Å². The molecule has 0 aliphatic carbocycles. The quantitative estimate of drug-likeness (QED) is 0.293. The number of nitrogens with zero attached hydrogens (tertiary/aromatic N) is 2. The third-order valence-corrected chi connectivity index (χ3v) is 5.02. The highest BCUT2D eigenvalue weighted by Gasteiger charge is 2.14. The fourth-order valence-electron chi connectivity index (χ4n) is 3.57. The number of aryl methyl sites for hydroxylation is 1. The SMILES string of the molecule is CCOC(=O)CCCCCCCn1cnc(-c2ccccc2)c1-c1ccccc1. The summed E-state index contributed by atoms with van der Waals surface area (Å²) < 4.78 is 7.25. The largest absolute Gasteiger partial charge is 0.466 e. The number of aromatic nitrogens is 2. The van der Waals surface area contributed by atoms with E-state index in [4.69, 9.17) is 9.72 Å². The van der Waals surface area contributed by atoms with Crippen LogP contribution in [0.5, 0.6) is 0 Å². The summed E-state index contributed by atoms with van der Waals surface area (Å²) >= 11 is 0. The van der Waals surface area contributed by atoms with Crippen LogP contribution < -0.4 is 0 Å². The molecule has 0 unspecified atom stereocenters. The van der Waals surface area contributed by atoms with Crippen LogP contribution in [0.1, 0.15) is 45.4 Å². The standard InChI is InChI=1S/C25H30N2O2/c1-2-29-23(28)18-12-4-3-5-13-19-27-20-26-24(21-14-8-6-9-15-21)25(27)22-16-10-7-11-17-22/h6-11,14-17,20H,2-5,12-13,18-19H2,1H3. The fourth-order valence-corrected chi connectivity index (χ4v) is 3.57. The van der Waals surface area contributed by atoms with Gasteiger partial charge in [0, 0.05) is 24.1 Å². The van der Waals surface area contributed by atoms with Crippen LogP contribution >= 0.6 is 0 Å². The van der Waals surface area contributed by atoms with Gasteiger partial charge >= 0.3 is 5.97 Å². The molecule has 0 N–H and O–H groups in total. The van der Waals surface area contributed by atoms with Gasteiger partial charge in [0.1, 0.15) is 0 Å². The second kappa shape index (κ2) is 11.2. The van der Waals surface area contributed by atoms with E-state index in [9.17, 15) is 4.79 Å². The zero-order valence-electron chi connectivity index (χ0n) is 17.2. The van der Waals surface area contributed by atoms with Gasteiger partial charge in [0.2, 0.25) is 0 Å². The molecule has 4 nitrogen and oxygen atoms in total. The Balaban J connectivity index is 1.59. The van der Waals surface area contributed by atoms with E-state index in [0.717, 1.165) is 49.9 Å². The average molecular weight is 391 g/mol. The summed E-state index contributed by atoms with van der Waals surface area (Å²) in [6, 6.07) is 20.9. The van der Waals surface area contributed by atoms with Crippen LogP contribution in [0, 0.1) is 0 Å². The highest BCUT2D eigenvalue weighted by atomic mass is 16.5. The van der Waals surface area contributed by atoms with Crippen molar-refractivity contribution < 1.29 is 9.53 Å². The molecule has 2 aromatic carbocycles. The van der Waals surface area contributed by atoms with Crippen LogP contribution in [0.4, 0.5) is 0 Å². The van der Waals surface area contributed by atoms with Crippen LogP contribution in [0.2, 0.25) is 0 Å². The molecule has 0 atom stereocenters. The predicted molar refractivity (Wildman–Crippen MR) is 117 cm³/mol. The number of esters is 1. The van der Waals surface area contributed by atoms with Gasteiger partial charge in [-0.2, -0.15) is 0 Å². The monoisotopic (exact) mass is 390 g/mol. The lowest BCUT2D eigenvalue weighted by Gasteiger charge is -2.11. The molecule has 0 aliphatic rings. The van der Waals surface area contributed by atoms with E-state index in [2.05, 4.69) is 53.1 Å². The smallest absolute Gasteiger partial charge is 0.305 e. The van der Waals surface area contributed by atoms with Crippen molar-refractivity contribution in [3.05, 3.63) is 67.0 Å². The molecule has 0 radical (unpaired) electrons. The van der Waals surface area contributed by atoms with E-state index in [1.807, 2.05) is 25.4 Å². The third kappa shape index (κ3) is 6.05. The van der Waals surface area contributed by atoms with Crippen LogP contribution in [0.3, 0.4) is 0 Å². The summed E-state index contributed by atoms with van der Waals surface area (Å²) in [7, 11) is 0. The first-order valence-corrected chi connectivity index (χ1v) is 10.6. The molecule has 0 saturated heterocycles. The molecule has 0 saturated carbocycles. The van der Waals surface area contributed by atoms with Gasteiger partial charge in [-0.05, 0) is 19.8 Å². The van der Waals surface area contributed by atoms with E-state index < -0.39 is 0 Å². The molecule has 1 heterocycles. The number of carbonyl (C=O) groups excluding carboxylic acids is 1. The van der Waals surface area contributed by atoms with Gasteiger partial charge in [-0.3, -0.25) is 4.79 Å². The topological polar surface area (TPSA) is 44.1 Å². The summed E-state index contributed by atoms with van der Waals surface area (Å²) in [5, 5.41) is 0. The van der Waals surface area contributed by atoms with Crippen molar-refractivity contribution in [3.8, 4) is 22.5 Å². The van der Waals surface area contributed by atoms with Gasteiger partial charge in [-0.1, -0.05) is 79.9 Å². The lowest BCUT2D eigenvalue weighted by Crippen LogP contribution is -2.03. The molecule has 152 valence electrons. The Morgan fingerprint density at radius 2 is 1.48 bits per heavy atom. The Morgan fingerprint density at radius 1 is 0.862 bits per heavy atom. The van der Waals surface area contributed by atoms with Crippen LogP contribution in [0.15, 0.2) is 67.0 Å². The highest BCUT2D eigenvalue weighted by Crippen LogP contribution is 2.31. The number of ether oxygens (including phenoxy) is 1. The van der Waals surface area contributed by atoms with Crippen molar-refractivity contribution in [2.75, 3.05) is 6.61 Å². The highest BCUT2D eigenvalue weighted by molar-refractivity contribution is 5.78. The average Bonchev–Trinajstić information content (AvgIpc) is 3.18. The molecule has 0 amide bonds. The molecule has 0 spiro atoms. The maximum atomic E-state index is 11.4. The molecule has 3 rings (SSSR count). The van der Waals surface area contributed by atoms with Gasteiger partial charge in [-0.15, -0.1) is 0 Å². The van der Waals surface area contributed by atoms with Crippen LogP contribution in [-0.4, -0.2) is 22.1 Å². The number of unbranched alkanes of at least 4 members (excludes halogenated alkanes) is 4. The lowest BCUT2D eigenvalue weighted by molar-refractivity contribution is -0.143. The van der Waals surface area contributed by atoms with Crippen molar-refractivity contribution >= 4 is 5.97 Å². The Bertz CT molecular complexity index is 872. The van der Waals surface area contributed by atoms with Gasteiger partial charge in [0.05, 0.1) is 24.3 Å². The Kier molecular flexibility index (Phi) is 8.05. The second-order valence-corrected chi connectivity index (χ2v) is 7.19. The summed E-state index contributed by atoms with van der Waals surface area (Å²) in [5.74, 6) is -0.0770. The minimum atomic E-state index is -0.0770. The Morgan fingerprint density at radius 3 is 2.17 bits per heavy atom. The number of carbonyl (C=O) groups is 1. The molecule has 29 heavy (non-hydrogen) atoms. The maximum Gasteiger partial charge on any atom is 0.305 e. The molecule has 0 fully saturated rings. The molecule has 3 aromatic rings. The van der Waals surface area contributed by atoms with Crippen molar-refractivity contribution in [1.29, 1.82) is 0 Å². The van der Waals surface area contributed by atoms with E-state index in [0.29, 0.717) is 13.0 Å². The van der Waals surface area contributed by atoms with Gasteiger partial charge in [-0.25, -0.2) is 4.98 Å². The van der Waals surface area contributed by atoms with E-state index >= 15 is 0 Å². The van der Waals surface area contributed by atoms with E-state index in [1.54, 1.807) is 0 Å². The number of imidazole rings is 1. The number of hydrogen-bond acceptors (Lipinski definition) is 3. The summed E-state index contributed by atoms with van der Waals surface area (Å²) in [4.78, 5) is 16.1. The number of hydrogen-bond donors (Lipinski definition) is 0. The van der Waals surface area contributed by atoms with Gasteiger partial charge in [0.25, 0.3) is 0 Å². The van der Waals surface area contributed by atoms with Gasteiger partial charge in [0.15, 0.2) is 0 Å². The zero-order chi connectivity index (χ0) is 20.3. The maximum absolute atomic E-state index is 11.4. The van der Waals surface area contributed by atoms with Crippen LogP contribution in [-0.2, 0) is 16.1 Å². The Labute approximate surface area is 173 Å². The summed E-state index contributed by atoms with van der Waals surface area (Å²) in [6.45, 7) is 3.27. The molecule has 4 heteroatoms. The van der Waals surface area contributed by atoms with Crippen molar-refractivity contribution in [2.24, 2.45) is 0 Å². The minimum absolute atomic E-state index is 0.0770. The fraction of sp³-hybridized carbons (Fsp3) is 0.360. The zero-order valence-corrected chi connectivity index (χ0v) is 17.2. The minimum Gasteiger partial charge on any atom is -0.466 e. The molecule has 0 aliphatic heterocycles. The molecule has 1 aromatic heterocycles. The van der Waals surface area contributed by atoms with E-state index in [1.165, 1.54) is 11.3 Å². The Hall–Kier alpha value is -2.88. The third-order valence-electron chi connectivity index (χ3n) is 5.02. The lowest BCUT2D eigenvalue weighted by atomic mass is 10.0. The first kappa shape index (κ1) is 20.8. The van der Waals surface area contributed by atoms with Crippen molar-refractivity contribution in [2.45, 2.75) is 52.0 Å². The summed E-state index contributed by atoms with van der Waals surface area (Å²) in [5.41, 5.74) is 4.55. The summed E-state index contributed by atoms with van der Waals surface area (Å²) in [6.07, 6.45) is 7.88. The van der Waals surface area contributed by atoms with Gasteiger partial charge < -0.3 is 9.30 Å². The predicted octanol–water partition coefficient (Wildman–Crippen LogP) is 6.12. The first-order chi connectivity index (χ1) is 14.3. The normalized spacial score (nSPS) is 10.8. The van der Waals surface area contributed by atoms with Crippen molar-refractivity contribution in [1.82, 2.24) is 9.55 Å². The first-order valence-electron chi connectivity index (χ1n) is 10.6.